The molecule has 1 unspecified atom stereocenters. The molecular formula is C46H32F6N2. The highest BCUT2D eigenvalue weighted by molar-refractivity contribution is 6.22. The third-order valence-electron chi connectivity index (χ3n) is 11.2. The first kappa shape index (κ1) is 33.8. The fourth-order valence-electron chi connectivity index (χ4n) is 8.75. The van der Waals surface area contributed by atoms with E-state index in [1.54, 1.807) is 19.1 Å². The topological polar surface area (TPSA) is 9.86 Å². The summed E-state index contributed by atoms with van der Waals surface area (Å²) in [6, 6.07) is 41.6. The molecule has 54 heavy (non-hydrogen) atoms. The largest absolute Gasteiger partial charge is 0.417 e. The third-order valence-corrected chi connectivity index (χ3v) is 11.2. The molecule has 2 nitrogen and oxygen atoms in total. The molecule has 0 aliphatic heterocycles. The smallest absolute Gasteiger partial charge is 0.339 e. The number of benzene rings is 6. The zero-order valence-electron chi connectivity index (χ0n) is 29.2. The standard InChI is InChI=1S/C46H32F6N2/c1-28-41(33-19-3-9-21-35(33)45(47,48)49)43(54-39-25-13-7-17-31(39)32-18-8-14-26-40(32)54)42(34-20-4-10-22-36(34)46(50,51)52)44(28,2)27-53-37-23-11-5-15-29(37)30-16-6-12-24-38(30)53/h3-26H,27H2,1-2H3. The predicted octanol–water partition coefficient (Wildman–Crippen LogP) is 13.5. The highest BCUT2D eigenvalue weighted by Crippen LogP contribution is 2.61. The van der Waals surface area contributed by atoms with Crippen LogP contribution >= 0.6 is 0 Å². The maximum absolute atomic E-state index is 15.3. The highest BCUT2D eigenvalue weighted by Gasteiger charge is 2.48. The Hall–Kier alpha value is -6.02. The number of halogens is 6. The van der Waals surface area contributed by atoms with Crippen molar-refractivity contribution in [2.24, 2.45) is 5.41 Å². The van der Waals surface area contributed by atoms with E-state index < -0.39 is 28.9 Å². The van der Waals surface area contributed by atoms with Crippen molar-refractivity contribution in [2.75, 3.05) is 0 Å². The van der Waals surface area contributed by atoms with Gasteiger partial charge in [-0.2, -0.15) is 26.3 Å². The first-order valence-electron chi connectivity index (χ1n) is 17.6. The van der Waals surface area contributed by atoms with Crippen molar-refractivity contribution in [3.05, 3.63) is 173 Å². The summed E-state index contributed by atoms with van der Waals surface area (Å²) in [6.07, 6.45) is -9.50. The van der Waals surface area contributed by atoms with E-state index in [1.807, 2.05) is 109 Å². The zero-order valence-corrected chi connectivity index (χ0v) is 29.2. The highest BCUT2D eigenvalue weighted by atomic mass is 19.4. The van der Waals surface area contributed by atoms with Crippen molar-refractivity contribution in [1.82, 2.24) is 9.13 Å². The zero-order chi connectivity index (χ0) is 37.6. The van der Waals surface area contributed by atoms with Crippen molar-refractivity contribution >= 4 is 60.5 Å². The van der Waals surface area contributed by atoms with Crippen LogP contribution < -0.4 is 0 Å². The van der Waals surface area contributed by atoms with Gasteiger partial charge in [0.05, 0.1) is 27.9 Å². The van der Waals surface area contributed by atoms with Crippen LogP contribution in [0.3, 0.4) is 0 Å². The van der Waals surface area contributed by atoms with Crippen LogP contribution in [0.2, 0.25) is 0 Å². The van der Waals surface area contributed by atoms with Crippen LogP contribution in [-0.2, 0) is 18.9 Å². The molecule has 1 aliphatic carbocycles. The number of nitrogens with zero attached hydrogens (tertiary/aromatic N) is 2. The lowest BCUT2D eigenvalue weighted by atomic mass is 9.74. The number of hydrogen-bond acceptors (Lipinski definition) is 0. The number of hydrogen-bond donors (Lipinski definition) is 0. The van der Waals surface area contributed by atoms with Crippen LogP contribution in [0.25, 0.3) is 60.5 Å². The van der Waals surface area contributed by atoms with Crippen molar-refractivity contribution in [3.63, 3.8) is 0 Å². The maximum Gasteiger partial charge on any atom is 0.417 e. The second-order valence-electron chi connectivity index (χ2n) is 14.1. The number of alkyl halides is 6. The molecule has 2 heterocycles. The van der Waals surface area contributed by atoms with Crippen LogP contribution in [0, 0.1) is 5.41 Å². The summed E-state index contributed by atoms with van der Waals surface area (Å²) in [5.74, 6) is 0. The van der Waals surface area contributed by atoms with Crippen molar-refractivity contribution < 1.29 is 26.3 Å². The fourth-order valence-corrected chi connectivity index (χ4v) is 8.75. The van der Waals surface area contributed by atoms with Gasteiger partial charge >= 0.3 is 12.4 Å². The van der Waals surface area contributed by atoms with Gasteiger partial charge in [0.25, 0.3) is 0 Å². The van der Waals surface area contributed by atoms with Crippen molar-refractivity contribution in [1.29, 1.82) is 0 Å². The van der Waals surface area contributed by atoms with E-state index in [-0.39, 0.29) is 23.2 Å². The summed E-state index contributed by atoms with van der Waals surface area (Å²) in [4.78, 5) is 0. The van der Waals surface area contributed by atoms with Gasteiger partial charge in [0, 0.05) is 50.1 Å². The van der Waals surface area contributed by atoms with E-state index in [4.69, 9.17) is 0 Å². The lowest BCUT2D eigenvalue weighted by Gasteiger charge is -2.33. The summed E-state index contributed by atoms with van der Waals surface area (Å²) in [5, 5.41) is 3.62. The molecule has 1 aliphatic rings. The molecule has 0 amide bonds. The van der Waals surface area contributed by atoms with E-state index in [0.29, 0.717) is 27.9 Å². The molecule has 1 atom stereocenters. The van der Waals surface area contributed by atoms with Gasteiger partial charge in [0.15, 0.2) is 0 Å². The maximum atomic E-state index is 15.3. The SMILES string of the molecule is CC1=C(c2ccccc2C(F)(F)F)C(n2c3ccccc3c3ccccc32)=C(c2ccccc2C(F)(F)F)C1(C)Cn1c2ccccc2c2ccccc21. The Morgan fingerprint density at radius 2 is 0.852 bits per heavy atom. The molecule has 0 spiro atoms. The minimum atomic E-state index is -4.76. The van der Waals surface area contributed by atoms with Gasteiger partial charge in [-0.25, -0.2) is 0 Å². The molecule has 0 N–H and O–H groups in total. The lowest BCUT2D eigenvalue weighted by Crippen LogP contribution is -2.26. The molecule has 268 valence electrons. The van der Waals surface area contributed by atoms with E-state index in [9.17, 15) is 0 Å². The van der Waals surface area contributed by atoms with Crippen LogP contribution in [0.1, 0.15) is 36.1 Å². The Morgan fingerprint density at radius 1 is 0.481 bits per heavy atom. The van der Waals surface area contributed by atoms with Gasteiger partial charge < -0.3 is 9.13 Å². The van der Waals surface area contributed by atoms with E-state index in [1.165, 1.54) is 24.3 Å². The van der Waals surface area contributed by atoms with Gasteiger partial charge in [0.2, 0.25) is 0 Å². The van der Waals surface area contributed by atoms with Crippen LogP contribution in [0.15, 0.2) is 151 Å². The quantitative estimate of drug-likeness (QED) is 0.156. The van der Waals surface area contributed by atoms with Gasteiger partial charge in [-0.3, -0.25) is 0 Å². The number of rotatable bonds is 5. The Labute approximate surface area is 306 Å². The molecule has 0 fully saturated rings. The van der Waals surface area contributed by atoms with Gasteiger partial charge in [-0.15, -0.1) is 0 Å². The van der Waals surface area contributed by atoms with Crippen LogP contribution in [-0.4, -0.2) is 9.13 Å². The molecule has 8 heteroatoms. The second-order valence-corrected chi connectivity index (χ2v) is 14.1. The Balaban J connectivity index is 1.50. The first-order valence-corrected chi connectivity index (χ1v) is 17.6. The summed E-state index contributed by atoms with van der Waals surface area (Å²) >= 11 is 0. The Morgan fingerprint density at radius 3 is 1.33 bits per heavy atom. The van der Waals surface area contributed by atoms with E-state index in [0.717, 1.165) is 44.7 Å². The molecule has 0 bridgehead atoms. The van der Waals surface area contributed by atoms with Crippen molar-refractivity contribution in [2.45, 2.75) is 32.7 Å². The minimum Gasteiger partial charge on any atom is -0.339 e. The van der Waals surface area contributed by atoms with Gasteiger partial charge in [0.1, 0.15) is 0 Å². The van der Waals surface area contributed by atoms with Gasteiger partial charge in [-0.1, -0.05) is 115 Å². The monoisotopic (exact) mass is 726 g/mol. The summed E-state index contributed by atoms with van der Waals surface area (Å²) < 4.78 is 95.1. The van der Waals surface area contributed by atoms with E-state index >= 15 is 26.3 Å². The molecular weight excluding hydrogens is 695 g/mol. The summed E-state index contributed by atoms with van der Waals surface area (Å²) in [5.41, 5.74) is 1.32. The van der Waals surface area contributed by atoms with E-state index in [2.05, 4.69) is 4.57 Å². The fraction of sp³-hybridized carbons (Fsp3) is 0.130. The van der Waals surface area contributed by atoms with Crippen LogP contribution in [0.5, 0.6) is 0 Å². The summed E-state index contributed by atoms with van der Waals surface area (Å²) in [6.45, 7) is 3.81. The summed E-state index contributed by atoms with van der Waals surface area (Å²) in [7, 11) is 0. The minimum absolute atomic E-state index is 0.0797. The molecule has 6 aromatic carbocycles. The molecule has 9 rings (SSSR count). The van der Waals surface area contributed by atoms with Crippen LogP contribution in [0.4, 0.5) is 26.3 Å². The van der Waals surface area contributed by atoms with Crippen molar-refractivity contribution in [3.8, 4) is 0 Å². The number of para-hydroxylation sites is 4. The third kappa shape index (κ3) is 4.96. The second kappa shape index (κ2) is 12.0. The average Bonchev–Trinajstić information content (AvgIpc) is 3.74. The lowest BCUT2D eigenvalue weighted by molar-refractivity contribution is -0.138. The molecule has 0 saturated heterocycles. The molecule has 0 radical (unpaired) electrons. The Bertz CT molecular complexity index is 2760. The number of aromatic nitrogens is 2. The van der Waals surface area contributed by atoms with Gasteiger partial charge in [-0.05, 0) is 66.9 Å². The molecule has 2 aromatic heterocycles. The predicted molar refractivity (Wildman–Crippen MR) is 206 cm³/mol. The molecule has 0 saturated carbocycles. The number of allylic oxidation sites excluding steroid dienone is 4. The molecule has 8 aromatic rings. The normalized spacial score (nSPS) is 16.9. The first-order chi connectivity index (χ1) is 25.9. The average molecular weight is 727 g/mol. The Kier molecular flexibility index (Phi) is 7.51. The number of fused-ring (bicyclic) bond motifs is 6.